The predicted molar refractivity (Wildman–Crippen MR) is 115 cm³/mol. The zero-order valence-corrected chi connectivity index (χ0v) is 17.8. The van der Waals surface area contributed by atoms with Gasteiger partial charge in [0.2, 0.25) is 0 Å². The minimum absolute atomic E-state index is 0.0109. The topological polar surface area (TPSA) is 50.2 Å². The van der Waals surface area contributed by atoms with Gasteiger partial charge < -0.3 is 10.2 Å². The minimum Gasteiger partial charge on any atom is -0.349 e. The highest BCUT2D eigenvalue weighted by Crippen LogP contribution is 2.30. The van der Waals surface area contributed by atoms with Crippen LogP contribution in [0.15, 0.2) is 30.3 Å². The molecule has 3 aromatic rings. The Bertz CT molecular complexity index is 986. The fourth-order valence-corrected chi connectivity index (χ4v) is 4.94. The molecule has 0 radical (unpaired) electrons. The van der Waals surface area contributed by atoms with E-state index in [9.17, 15) is 9.18 Å². The highest BCUT2D eigenvalue weighted by molar-refractivity contribution is 7.20. The lowest BCUT2D eigenvalue weighted by molar-refractivity contribution is 0.0915. The van der Waals surface area contributed by atoms with Crippen molar-refractivity contribution in [1.82, 2.24) is 20.0 Å². The summed E-state index contributed by atoms with van der Waals surface area (Å²) in [5.41, 5.74) is 1.65. The number of hydrogen-bond acceptors (Lipinski definition) is 4. The smallest absolute Gasteiger partial charge is 0.261 e. The van der Waals surface area contributed by atoms with Crippen LogP contribution in [0.2, 0.25) is 0 Å². The van der Waals surface area contributed by atoms with Crippen LogP contribution in [-0.4, -0.2) is 46.3 Å². The summed E-state index contributed by atoms with van der Waals surface area (Å²) in [5.74, 6) is -0.288. The SMILES string of the molecule is CCCCN1CCC(NC(=O)c2cc3c(C)nn(-c4ccc(F)cc4)c3s2)CC1. The van der Waals surface area contributed by atoms with Crippen molar-refractivity contribution >= 4 is 27.5 Å². The van der Waals surface area contributed by atoms with Crippen LogP contribution in [0.1, 0.15) is 48.0 Å². The first-order valence-corrected chi connectivity index (χ1v) is 11.1. The molecule has 7 heteroatoms. The predicted octanol–water partition coefficient (Wildman–Crippen LogP) is 4.53. The van der Waals surface area contributed by atoms with Gasteiger partial charge in [-0.25, -0.2) is 9.07 Å². The van der Waals surface area contributed by atoms with E-state index in [4.69, 9.17) is 0 Å². The third-order valence-corrected chi connectivity index (χ3v) is 6.70. The number of nitrogens with one attached hydrogen (secondary N) is 1. The zero-order chi connectivity index (χ0) is 20.4. The van der Waals surface area contributed by atoms with Gasteiger partial charge in [0.05, 0.1) is 16.3 Å². The van der Waals surface area contributed by atoms with Crippen LogP contribution in [0.4, 0.5) is 4.39 Å². The maximum absolute atomic E-state index is 13.3. The molecule has 0 spiro atoms. The van der Waals surface area contributed by atoms with Gasteiger partial charge in [-0.05, 0) is 63.1 Å². The summed E-state index contributed by atoms with van der Waals surface area (Å²) in [4.78, 5) is 16.9. The number of carbonyl (C=O) groups excluding carboxylic acids is 1. The van der Waals surface area contributed by atoms with E-state index in [-0.39, 0.29) is 17.8 Å². The van der Waals surface area contributed by atoms with Crippen molar-refractivity contribution in [3.63, 3.8) is 0 Å². The van der Waals surface area contributed by atoms with Gasteiger partial charge in [0.1, 0.15) is 10.6 Å². The van der Waals surface area contributed by atoms with Crippen LogP contribution >= 0.6 is 11.3 Å². The van der Waals surface area contributed by atoms with Gasteiger partial charge in [0.15, 0.2) is 0 Å². The number of unbranched alkanes of at least 4 members (excludes halogenated alkanes) is 1. The molecular formula is C22H27FN4OS. The van der Waals surface area contributed by atoms with E-state index in [1.807, 2.05) is 13.0 Å². The fraction of sp³-hybridized carbons (Fsp3) is 0.455. The van der Waals surface area contributed by atoms with Crippen LogP contribution in [0.3, 0.4) is 0 Å². The lowest BCUT2D eigenvalue weighted by atomic mass is 10.0. The van der Waals surface area contributed by atoms with Crippen molar-refractivity contribution in [2.45, 2.75) is 45.6 Å². The molecule has 1 saturated heterocycles. The van der Waals surface area contributed by atoms with E-state index in [1.54, 1.807) is 16.8 Å². The third-order valence-electron chi connectivity index (χ3n) is 5.59. The molecule has 0 unspecified atom stereocenters. The summed E-state index contributed by atoms with van der Waals surface area (Å²) in [6.45, 7) is 7.41. The monoisotopic (exact) mass is 414 g/mol. The molecule has 1 aliphatic heterocycles. The number of hydrogen-bond donors (Lipinski definition) is 1. The van der Waals surface area contributed by atoms with Crippen molar-refractivity contribution < 1.29 is 9.18 Å². The number of piperidine rings is 1. The van der Waals surface area contributed by atoms with Crippen LogP contribution in [0, 0.1) is 12.7 Å². The number of aromatic nitrogens is 2. The molecule has 2 aromatic heterocycles. The summed E-state index contributed by atoms with van der Waals surface area (Å²) in [6, 6.07) is 8.41. The number of likely N-dealkylation sites (tertiary alicyclic amines) is 1. The Kier molecular flexibility index (Phi) is 5.96. The Morgan fingerprint density at radius 2 is 2.00 bits per heavy atom. The quantitative estimate of drug-likeness (QED) is 0.645. The number of halogens is 1. The summed E-state index contributed by atoms with van der Waals surface area (Å²) in [5, 5.41) is 8.75. The summed E-state index contributed by atoms with van der Waals surface area (Å²) in [7, 11) is 0. The van der Waals surface area contributed by atoms with Crippen molar-refractivity contribution in [1.29, 1.82) is 0 Å². The molecule has 0 bridgehead atoms. The molecule has 1 N–H and O–H groups in total. The molecule has 5 nitrogen and oxygen atoms in total. The lowest BCUT2D eigenvalue weighted by Crippen LogP contribution is -2.44. The maximum Gasteiger partial charge on any atom is 0.261 e. The number of aryl methyl sites for hydroxylation is 1. The van der Waals surface area contributed by atoms with Crippen LogP contribution < -0.4 is 5.32 Å². The molecule has 0 saturated carbocycles. The van der Waals surface area contributed by atoms with Gasteiger partial charge in [0.25, 0.3) is 5.91 Å². The number of nitrogens with zero attached hydrogens (tertiary/aromatic N) is 3. The first-order chi connectivity index (χ1) is 14.0. The molecular weight excluding hydrogens is 387 g/mol. The number of rotatable bonds is 6. The average molecular weight is 415 g/mol. The van der Waals surface area contributed by atoms with Crippen LogP contribution in [-0.2, 0) is 0 Å². The van der Waals surface area contributed by atoms with Crippen LogP contribution in [0.5, 0.6) is 0 Å². The molecule has 29 heavy (non-hydrogen) atoms. The second kappa shape index (κ2) is 8.63. The van der Waals surface area contributed by atoms with Crippen molar-refractivity contribution in [3.8, 4) is 5.69 Å². The van der Waals surface area contributed by atoms with Gasteiger partial charge in [-0.1, -0.05) is 13.3 Å². The third kappa shape index (κ3) is 4.36. The van der Waals surface area contributed by atoms with Crippen molar-refractivity contribution in [2.24, 2.45) is 0 Å². The largest absolute Gasteiger partial charge is 0.349 e. The van der Waals surface area contributed by atoms with Crippen molar-refractivity contribution in [2.75, 3.05) is 19.6 Å². The van der Waals surface area contributed by atoms with Gasteiger partial charge in [0, 0.05) is 24.5 Å². The molecule has 154 valence electrons. The van der Waals surface area contributed by atoms with E-state index in [2.05, 4.69) is 22.2 Å². The van der Waals surface area contributed by atoms with E-state index < -0.39 is 0 Å². The Morgan fingerprint density at radius 1 is 1.28 bits per heavy atom. The molecule has 4 rings (SSSR count). The first-order valence-electron chi connectivity index (χ1n) is 10.3. The number of fused-ring (bicyclic) bond motifs is 1. The standard InChI is InChI=1S/C22H27FN4OS/c1-3-4-11-26-12-9-17(10-13-26)24-21(28)20-14-19-15(2)25-27(22(19)29-20)18-7-5-16(23)6-8-18/h5-8,14,17H,3-4,9-13H2,1-2H3,(H,24,28). The Morgan fingerprint density at radius 3 is 2.69 bits per heavy atom. The Hall–Kier alpha value is -2.25. The van der Waals surface area contributed by atoms with Gasteiger partial charge in [-0.15, -0.1) is 11.3 Å². The van der Waals surface area contributed by atoms with E-state index in [1.165, 1.54) is 36.3 Å². The molecule has 0 atom stereocenters. The van der Waals surface area contributed by atoms with Crippen molar-refractivity contribution in [3.05, 3.63) is 46.7 Å². The van der Waals surface area contributed by atoms with Gasteiger partial charge in [-0.2, -0.15) is 5.10 Å². The van der Waals surface area contributed by atoms with Crippen LogP contribution in [0.25, 0.3) is 15.9 Å². The maximum atomic E-state index is 13.3. The number of amides is 1. The molecule has 1 aromatic carbocycles. The zero-order valence-electron chi connectivity index (χ0n) is 16.9. The molecule has 1 aliphatic rings. The summed E-state index contributed by atoms with van der Waals surface area (Å²) >= 11 is 1.44. The Labute approximate surface area is 174 Å². The minimum atomic E-state index is -0.277. The molecule has 1 amide bonds. The average Bonchev–Trinajstić information content (AvgIpc) is 3.29. The highest BCUT2D eigenvalue weighted by Gasteiger charge is 2.23. The molecule has 0 aliphatic carbocycles. The van der Waals surface area contributed by atoms with E-state index >= 15 is 0 Å². The van der Waals surface area contributed by atoms with E-state index in [0.717, 1.165) is 54.1 Å². The van der Waals surface area contributed by atoms with Gasteiger partial charge >= 0.3 is 0 Å². The molecule has 1 fully saturated rings. The number of benzene rings is 1. The first kappa shape index (κ1) is 20.0. The fourth-order valence-electron chi connectivity index (χ4n) is 3.86. The second-order valence-electron chi connectivity index (χ2n) is 7.75. The highest BCUT2D eigenvalue weighted by atomic mass is 32.1. The normalized spacial score (nSPS) is 15.8. The number of carbonyl (C=O) groups is 1. The van der Waals surface area contributed by atoms with Gasteiger partial charge in [-0.3, -0.25) is 4.79 Å². The Balaban J connectivity index is 1.46. The second-order valence-corrected chi connectivity index (χ2v) is 8.78. The lowest BCUT2D eigenvalue weighted by Gasteiger charge is -2.32. The molecule has 3 heterocycles. The number of thiophene rings is 1. The summed E-state index contributed by atoms with van der Waals surface area (Å²) < 4.78 is 15.0. The van der Waals surface area contributed by atoms with E-state index in [0.29, 0.717) is 4.88 Å². The summed E-state index contributed by atoms with van der Waals surface area (Å²) in [6.07, 6.45) is 4.46.